The van der Waals surface area contributed by atoms with Crippen LogP contribution in [0.3, 0.4) is 0 Å². The average Bonchev–Trinajstić information content (AvgIpc) is 2.53. The summed E-state index contributed by atoms with van der Waals surface area (Å²) in [6.45, 7) is 10.7. The van der Waals surface area contributed by atoms with Gasteiger partial charge in [0.25, 0.3) is 0 Å². The molecule has 0 radical (unpaired) electrons. The van der Waals surface area contributed by atoms with E-state index in [1.807, 2.05) is 14.0 Å². The molecule has 1 N–H and O–H groups in total. The first-order chi connectivity index (χ1) is 11.1. The zero-order valence-corrected chi connectivity index (χ0v) is 14.3. The van der Waals surface area contributed by atoms with E-state index in [0.29, 0.717) is 0 Å². The second-order valence-electron chi connectivity index (χ2n) is 5.88. The van der Waals surface area contributed by atoms with Crippen LogP contribution in [0.15, 0.2) is 29.9 Å². The lowest BCUT2D eigenvalue weighted by atomic mass is 9.89. The first-order valence-electron chi connectivity index (χ1n) is 8.19. The van der Waals surface area contributed by atoms with E-state index >= 15 is 0 Å². The normalized spacial score (nSPS) is 17.2. The van der Waals surface area contributed by atoms with Gasteiger partial charge in [-0.25, -0.2) is 4.39 Å². The quantitative estimate of drug-likeness (QED) is 0.808. The molecule has 1 aliphatic heterocycles. The van der Waals surface area contributed by atoms with Gasteiger partial charge in [0.15, 0.2) is 0 Å². The van der Waals surface area contributed by atoms with Crippen LogP contribution in [0, 0.1) is 12.7 Å². The van der Waals surface area contributed by atoms with Crippen molar-refractivity contribution in [2.24, 2.45) is 5.10 Å². The Hall–Kier alpha value is -1.94. The van der Waals surface area contributed by atoms with E-state index in [0.717, 1.165) is 47.6 Å². The maximum atomic E-state index is 13.7. The van der Waals surface area contributed by atoms with Gasteiger partial charge in [0.05, 0.1) is 5.71 Å². The molecule has 0 bridgehead atoms. The number of benzene rings is 1. The zero-order chi connectivity index (χ0) is 16.8. The van der Waals surface area contributed by atoms with Gasteiger partial charge >= 0.3 is 0 Å². The van der Waals surface area contributed by atoms with Gasteiger partial charge in [-0.05, 0) is 48.7 Å². The Morgan fingerprint density at radius 2 is 2.22 bits per heavy atom. The maximum absolute atomic E-state index is 13.7. The molecule has 0 amide bonds. The smallest absolute Gasteiger partial charge is 0.124 e. The predicted molar refractivity (Wildman–Crippen MR) is 97.0 cm³/mol. The molecule has 2 rings (SSSR count). The van der Waals surface area contributed by atoms with Gasteiger partial charge < -0.3 is 5.43 Å². The summed E-state index contributed by atoms with van der Waals surface area (Å²) >= 11 is 0. The molecule has 0 saturated carbocycles. The lowest BCUT2D eigenvalue weighted by molar-refractivity contribution is 0.334. The fourth-order valence-electron chi connectivity index (χ4n) is 3.03. The molecule has 4 heteroatoms. The summed E-state index contributed by atoms with van der Waals surface area (Å²) in [7, 11) is 1.81. The first kappa shape index (κ1) is 17.4. The number of hydrogen-bond acceptors (Lipinski definition) is 3. The summed E-state index contributed by atoms with van der Waals surface area (Å²) in [5.41, 5.74) is 7.74. The molecule has 0 saturated heterocycles. The van der Waals surface area contributed by atoms with Gasteiger partial charge in [-0.1, -0.05) is 32.1 Å². The van der Waals surface area contributed by atoms with Crippen LogP contribution in [0.5, 0.6) is 0 Å². The molecule has 0 spiro atoms. The molecule has 1 aromatic carbocycles. The van der Waals surface area contributed by atoms with Crippen LogP contribution in [0.4, 0.5) is 4.39 Å². The lowest BCUT2D eigenvalue weighted by Gasteiger charge is -2.28. The molecule has 124 valence electrons. The van der Waals surface area contributed by atoms with E-state index in [2.05, 4.69) is 35.0 Å². The lowest BCUT2D eigenvalue weighted by Crippen LogP contribution is -2.36. The molecule has 0 aromatic heterocycles. The molecule has 0 fully saturated rings. The van der Waals surface area contributed by atoms with Gasteiger partial charge in [0.1, 0.15) is 5.82 Å². The molecule has 23 heavy (non-hydrogen) atoms. The summed E-state index contributed by atoms with van der Waals surface area (Å²) in [6, 6.07) is 3.11. The van der Waals surface area contributed by atoms with Crippen molar-refractivity contribution in [2.75, 3.05) is 26.7 Å². The Kier molecular flexibility index (Phi) is 6.11. The van der Waals surface area contributed by atoms with Crippen molar-refractivity contribution in [3.05, 3.63) is 47.3 Å². The highest BCUT2D eigenvalue weighted by Crippen LogP contribution is 2.29. The Morgan fingerprint density at radius 3 is 2.87 bits per heavy atom. The summed E-state index contributed by atoms with van der Waals surface area (Å²) in [4.78, 5) is 2.38. The molecule has 0 unspecified atom stereocenters. The first-order valence-corrected chi connectivity index (χ1v) is 8.19. The van der Waals surface area contributed by atoms with Gasteiger partial charge in [-0.15, -0.1) is 0 Å². The fraction of sp³-hybridized carbons (Fsp3) is 0.421. The molecule has 1 heterocycles. The van der Waals surface area contributed by atoms with Gasteiger partial charge in [-0.3, -0.25) is 4.90 Å². The second kappa shape index (κ2) is 8.06. The van der Waals surface area contributed by atoms with Crippen molar-refractivity contribution in [2.45, 2.75) is 26.7 Å². The van der Waals surface area contributed by atoms with Crippen molar-refractivity contribution in [1.82, 2.24) is 10.3 Å². The maximum Gasteiger partial charge on any atom is 0.124 e. The summed E-state index contributed by atoms with van der Waals surface area (Å²) < 4.78 is 13.7. The third kappa shape index (κ3) is 4.08. The number of halogens is 1. The van der Waals surface area contributed by atoms with Crippen LogP contribution in [0.25, 0.3) is 11.6 Å². The number of aryl methyl sites for hydroxylation is 1. The van der Waals surface area contributed by atoms with Crippen molar-refractivity contribution in [3.8, 4) is 0 Å². The molecular formula is C19H26FN3. The Labute approximate surface area is 138 Å². The number of unbranched alkanes of at least 4 members (excludes halogenated alkanes) is 1. The summed E-state index contributed by atoms with van der Waals surface area (Å²) in [6.07, 6.45) is 6.28. The molecule has 3 nitrogen and oxygen atoms in total. The van der Waals surface area contributed by atoms with E-state index in [9.17, 15) is 4.39 Å². The van der Waals surface area contributed by atoms with Crippen molar-refractivity contribution in [1.29, 1.82) is 0 Å². The Balaban J connectivity index is 2.43. The standard InChI is InChI=1S/C19H26FN3/c1-5-7-9-23-10-8-17(18(13-23)22-21-4)19-14(3)11-16(20)12-15(19)6-2/h6,8,11-12,21H,2,5,7,9-10,13H2,1,3-4H3/b22-18-. The molecule has 0 aliphatic carbocycles. The minimum atomic E-state index is -0.228. The molecular weight excluding hydrogens is 289 g/mol. The third-order valence-electron chi connectivity index (χ3n) is 4.13. The van der Waals surface area contributed by atoms with Crippen molar-refractivity contribution in [3.63, 3.8) is 0 Å². The number of nitrogens with zero attached hydrogens (tertiary/aromatic N) is 2. The molecule has 1 aliphatic rings. The third-order valence-corrected chi connectivity index (χ3v) is 4.13. The number of hydrogen-bond donors (Lipinski definition) is 1. The predicted octanol–water partition coefficient (Wildman–Crippen LogP) is 3.85. The van der Waals surface area contributed by atoms with E-state index in [-0.39, 0.29) is 5.82 Å². The van der Waals surface area contributed by atoms with Crippen molar-refractivity contribution < 1.29 is 4.39 Å². The monoisotopic (exact) mass is 315 g/mol. The van der Waals surface area contributed by atoms with E-state index in [1.165, 1.54) is 18.9 Å². The van der Waals surface area contributed by atoms with E-state index in [1.54, 1.807) is 12.1 Å². The van der Waals surface area contributed by atoms with E-state index in [4.69, 9.17) is 0 Å². The minimum Gasteiger partial charge on any atom is -0.313 e. The van der Waals surface area contributed by atoms with Crippen LogP contribution in [0.1, 0.15) is 36.5 Å². The highest BCUT2D eigenvalue weighted by Gasteiger charge is 2.22. The van der Waals surface area contributed by atoms with Crippen LogP contribution >= 0.6 is 0 Å². The number of hydrazone groups is 1. The Bertz CT molecular complexity index is 632. The van der Waals surface area contributed by atoms with Crippen LogP contribution in [-0.2, 0) is 0 Å². The van der Waals surface area contributed by atoms with E-state index < -0.39 is 0 Å². The van der Waals surface area contributed by atoms with Gasteiger partial charge in [0, 0.05) is 25.7 Å². The minimum absolute atomic E-state index is 0.228. The van der Waals surface area contributed by atoms with Crippen LogP contribution in [-0.4, -0.2) is 37.3 Å². The number of rotatable bonds is 6. The SMILES string of the molecule is C=Cc1cc(F)cc(C)c1C1=CCN(CCCC)C/C1=N/NC. The zero-order valence-electron chi connectivity index (χ0n) is 14.3. The topological polar surface area (TPSA) is 27.6 Å². The average molecular weight is 315 g/mol. The fourth-order valence-corrected chi connectivity index (χ4v) is 3.03. The largest absolute Gasteiger partial charge is 0.313 e. The Morgan fingerprint density at radius 1 is 1.43 bits per heavy atom. The second-order valence-corrected chi connectivity index (χ2v) is 5.88. The molecule has 0 atom stereocenters. The highest BCUT2D eigenvalue weighted by molar-refractivity contribution is 6.26. The van der Waals surface area contributed by atoms with Gasteiger partial charge in [0.2, 0.25) is 0 Å². The summed E-state index contributed by atoms with van der Waals surface area (Å²) in [5, 5.41) is 4.47. The highest BCUT2D eigenvalue weighted by atomic mass is 19.1. The van der Waals surface area contributed by atoms with Crippen LogP contribution < -0.4 is 5.43 Å². The summed E-state index contributed by atoms with van der Waals surface area (Å²) in [5.74, 6) is -0.228. The number of nitrogens with one attached hydrogen (secondary N) is 1. The van der Waals surface area contributed by atoms with Gasteiger partial charge in [-0.2, -0.15) is 5.10 Å². The molecule has 1 aromatic rings. The van der Waals surface area contributed by atoms with Crippen molar-refractivity contribution >= 4 is 17.4 Å². The van der Waals surface area contributed by atoms with Crippen LogP contribution in [0.2, 0.25) is 0 Å².